The van der Waals surface area contributed by atoms with E-state index in [0.29, 0.717) is 10.8 Å². The summed E-state index contributed by atoms with van der Waals surface area (Å²) in [6, 6.07) is 15.8. The van der Waals surface area contributed by atoms with Crippen molar-refractivity contribution in [1.82, 2.24) is 0 Å². The highest BCUT2D eigenvalue weighted by molar-refractivity contribution is 6.30. The molecule has 0 atom stereocenters. The van der Waals surface area contributed by atoms with Crippen molar-refractivity contribution < 1.29 is 10.0 Å². The van der Waals surface area contributed by atoms with E-state index in [0.717, 1.165) is 38.3 Å². The SMILES string of the molecule is Oc1ccc(Cl)cc1C[NH+]1CCN(c2ccccc2)CC1. The number of phenols is 1. The van der Waals surface area contributed by atoms with Crippen molar-refractivity contribution >= 4 is 17.3 Å². The molecule has 0 spiro atoms. The Hall–Kier alpha value is -1.71. The molecule has 1 aliphatic heterocycles. The summed E-state index contributed by atoms with van der Waals surface area (Å²) in [4.78, 5) is 3.90. The first-order valence-electron chi connectivity index (χ1n) is 7.33. The minimum atomic E-state index is 0.345. The van der Waals surface area contributed by atoms with Gasteiger partial charge in [-0.2, -0.15) is 0 Å². The van der Waals surface area contributed by atoms with Crippen molar-refractivity contribution in [2.75, 3.05) is 31.1 Å². The summed E-state index contributed by atoms with van der Waals surface area (Å²) in [5.41, 5.74) is 2.23. The molecule has 2 aromatic carbocycles. The predicted octanol–water partition coefficient (Wildman–Crippen LogP) is 1.95. The molecule has 0 aliphatic carbocycles. The van der Waals surface area contributed by atoms with Crippen LogP contribution in [0.25, 0.3) is 0 Å². The number of nitrogens with zero attached hydrogens (tertiary/aromatic N) is 1. The summed E-state index contributed by atoms with van der Waals surface area (Å²) in [7, 11) is 0. The zero-order valence-electron chi connectivity index (χ0n) is 11.9. The van der Waals surface area contributed by atoms with E-state index in [1.54, 1.807) is 12.1 Å². The monoisotopic (exact) mass is 303 g/mol. The Morgan fingerprint density at radius 2 is 1.76 bits per heavy atom. The highest BCUT2D eigenvalue weighted by Crippen LogP contribution is 2.20. The van der Waals surface area contributed by atoms with Crippen molar-refractivity contribution in [3.8, 4) is 5.75 Å². The van der Waals surface area contributed by atoms with Crippen molar-refractivity contribution in [2.45, 2.75) is 6.54 Å². The van der Waals surface area contributed by atoms with Crippen molar-refractivity contribution in [3.05, 3.63) is 59.1 Å². The van der Waals surface area contributed by atoms with E-state index in [2.05, 4.69) is 29.2 Å². The first-order valence-corrected chi connectivity index (χ1v) is 7.71. The molecule has 3 rings (SSSR count). The molecule has 21 heavy (non-hydrogen) atoms. The third-order valence-electron chi connectivity index (χ3n) is 4.07. The van der Waals surface area contributed by atoms with Gasteiger partial charge in [0.15, 0.2) is 0 Å². The molecule has 2 N–H and O–H groups in total. The molecular formula is C17H20ClN2O+. The number of nitrogens with one attached hydrogen (secondary N) is 1. The summed E-state index contributed by atoms with van der Waals surface area (Å²) >= 11 is 6.01. The summed E-state index contributed by atoms with van der Waals surface area (Å²) < 4.78 is 0. The Morgan fingerprint density at radius 3 is 2.48 bits per heavy atom. The van der Waals surface area contributed by atoms with E-state index >= 15 is 0 Å². The Morgan fingerprint density at radius 1 is 1.05 bits per heavy atom. The average Bonchev–Trinajstić information content (AvgIpc) is 2.53. The van der Waals surface area contributed by atoms with Gasteiger partial charge in [0.25, 0.3) is 0 Å². The van der Waals surface area contributed by atoms with Gasteiger partial charge in [-0.15, -0.1) is 0 Å². The highest BCUT2D eigenvalue weighted by Gasteiger charge is 2.21. The number of rotatable bonds is 3. The molecule has 0 saturated carbocycles. The molecule has 1 fully saturated rings. The number of aromatic hydroxyl groups is 1. The molecular weight excluding hydrogens is 284 g/mol. The Balaban J connectivity index is 1.60. The lowest BCUT2D eigenvalue weighted by atomic mass is 10.1. The first kappa shape index (κ1) is 14.2. The van der Waals surface area contributed by atoms with E-state index < -0.39 is 0 Å². The van der Waals surface area contributed by atoms with Gasteiger partial charge in [0, 0.05) is 16.3 Å². The van der Waals surface area contributed by atoms with Gasteiger partial charge in [0.05, 0.1) is 26.2 Å². The third-order valence-corrected chi connectivity index (χ3v) is 4.31. The molecule has 0 unspecified atom stereocenters. The second kappa shape index (κ2) is 6.37. The van der Waals surface area contributed by atoms with Crippen molar-refractivity contribution in [1.29, 1.82) is 0 Å². The molecule has 110 valence electrons. The number of phenolic OH excluding ortho intramolecular Hbond substituents is 1. The van der Waals surface area contributed by atoms with Crippen LogP contribution in [0.3, 0.4) is 0 Å². The molecule has 3 nitrogen and oxygen atoms in total. The predicted molar refractivity (Wildman–Crippen MR) is 86.2 cm³/mol. The molecule has 0 bridgehead atoms. The summed E-state index contributed by atoms with van der Waals surface area (Å²) in [6.45, 7) is 5.05. The van der Waals surface area contributed by atoms with E-state index in [9.17, 15) is 5.11 Å². The van der Waals surface area contributed by atoms with Gasteiger partial charge in [-0.25, -0.2) is 0 Å². The quantitative estimate of drug-likeness (QED) is 0.907. The van der Waals surface area contributed by atoms with Gasteiger partial charge in [0.1, 0.15) is 12.3 Å². The van der Waals surface area contributed by atoms with E-state index in [1.165, 1.54) is 10.6 Å². The average molecular weight is 304 g/mol. The fourth-order valence-corrected chi connectivity index (χ4v) is 3.06. The van der Waals surface area contributed by atoms with Crippen LogP contribution >= 0.6 is 11.6 Å². The molecule has 1 heterocycles. The van der Waals surface area contributed by atoms with Crippen LogP contribution in [-0.4, -0.2) is 31.3 Å². The maximum absolute atomic E-state index is 9.91. The summed E-state index contributed by atoms with van der Waals surface area (Å²) in [6.07, 6.45) is 0. The summed E-state index contributed by atoms with van der Waals surface area (Å²) in [5, 5.41) is 10.6. The number of anilines is 1. The van der Waals surface area contributed by atoms with E-state index in [1.807, 2.05) is 12.1 Å². The fraction of sp³-hybridized carbons (Fsp3) is 0.294. The van der Waals surface area contributed by atoms with Crippen LogP contribution in [0.15, 0.2) is 48.5 Å². The lowest BCUT2D eigenvalue weighted by Gasteiger charge is -2.33. The van der Waals surface area contributed by atoms with Gasteiger partial charge in [0.2, 0.25) is 0 Å². The first-order chi connectivity index (χ1) is 10.2. The number of benzene rings is 2. The minimum absolute atomic E-state index is 0.345. The molecule has 1 aliphatic rings. The molecule has 4 heteroatoms. The van der Waals surface area contributed by atoms with Crippen LogP contribution in [0.4, 0.5) is 5.69 Å². The van der Waals surface area contributed by atoms with Crippen LogP contribution in [0, 0.1) is 0 Å². The maximum atomic E-state index is 9.91. The smallest absolute Gasteiger partial charge is 0.124 e. The Bertz CT molecular complexity index is 595. The molecule has 0 radical (unpaired) electrons. The molecule has 0 aromatic heterocycles. The van der Waals surface area contributed by atoms with Crippen LogP contribution in [-0.2, 0) is 6.54 Å². The number of quaternary nitrogens is 1. The molecule has 0 amide bonds. The Labute approximate surface area is 130 Å². The fourth-order valence-electron chi connectivity index (χ4n) is 2.86. The lowest BCUT2D eigenvalue weighted by Crippen LogP contribution is -3.13. The number of piperazine rings is 1. The van der Waals surface area contributed by atoms with Gasteiger partial charge in [-0.05, 0) is 30.3 Å². The van der Waals surface area contributed by atoms with Crippen molar-refractivity contribution in [2.24, 2.45) is 0 Å². The van der Waals surface area contributed by atoms with Gasteiger partial charge in [-0.3, -0.25) is 0 Å². The number of hydrogen-bond donors (Lipinski definition) is 2. The second-order valence-corrected chi connectivity index (χ2v) is 5.96. The number of para-hydroxylation sites is 1. The topological polar surface area (TPSA) is 27.9 Å². The molecule has 2 aromatic rings. The minimum Gasteiger partial charge on any atom is -0.507 e. The van der Waals surface area contributed by atoms with E-state index in [-0.39, 0.29) is 0 Å². The van der Waals surface area contributed by atoms with Crippen LogP contribution < -0.4 is 9.80 Å². The third kappa shape index (κ3) is 3.49. The van der Waals surface area contributed by atoms with Gasteiger partial charge >= 0.3 is 0 Å². The van der Waals surface area contributed by atoms with Crippen LogP contribution in [0.2, 0.25) is 5.02 Å². The van der Waals surface area contributed by atoms with Gasteiger partial charge in [-0.1, -0.05) is 29.8 Å². The zero-order chi connectivity index (χ0) is 14.7. The van der Waals surface area contributed by atoms with Crippen LogP contribution in [0.5, 0.6) is 5.75 Å². The summed E-state index contributed by atoms with van der Waals surface area (Å²) in [5.74, 6) is 0.345. The highest BCUT2D eigenvalue weighted by atomic mass is 35.5. The standard InChI is InChI=1S/C17H19ClN2O/c18-15-6-7-17(21)14(12-15)13-19-8-10-20(11-9-19)16-4-2-1-3-5-16/h1-7,12,21H,8-11,13H2/p+1. The molecule has 1 saturated heterocycles. The zero-order valence-corrected chi connectivity index (χ0v) is 12.7. The van der Waals surface area contributed by atoms with Crippen LogP contribution in [0.1, 0.15) is 5.56 Å². The number of halogens is 1. The lowest BCUT2D eigenvalue weighted by molar-refractivity contribution is -0.914. The number of hydrogen-bond acceptors (Lipinski definition) is 2. The maximum Gasteiger partial charge on any atom is 0.124 e. The largest absolute Gasteiger partial charge is 0.507 e. The normalized spacial score (nSPS) is 16.1. The van der Waals surface area contributed by atoms with Crippen molar-refractivity contribution in [3.63, 3.8) is 0 Å². The Kier molecular flexibility index (Phi) is 4.32. The van der Waals surface area contributed by atoms with E-state index in [4.69, 9.17) is 11.6 Å². The second-order valence-electron chi connectivity index (χ2n) is 5.52. The van der Waals surface area contributed by atoms with Gasteiger partial charge < -0.3 is 14.9 Å².